The van der Waals surface area contributed by atoms with E-state index in [4.69, 9.17) is 9.47 Å². The van der Waals surface area contributed by atoms with Crippen molar-refractivity contribution in [1.29, 1.82) is 0 Å². The van der Waals surface area contributed by atoms with E-state index in [-0.39, 0.29) is 17.8 Å². The highest BCUT2D eigenvalue weighted by Crippen LogP contribution is 2.42. The molecule has 6 nitrogen and oxygen atoms in total. The van der Waals surface area contributed by atoms with Crippen LogP contribution in [-0.4, -0.2) is 30.0 Å². The van der Waals surface area contributed by atoms with Gasteiger partial charge in [0.2, 0.25) is 0 Å². The van der Waals surface area contributed by atoms with Crippen molar-refractivity contribution in [3.8, 4) is 11.5 Å². The lowest BCUT2D eigenvalue weighted by Gasteiger charge is -2.27. The van der Waals surface area contributed by atoms with E-state index in [2.05, 4.69) is 0 Å². The van der Waals surface area contributed by atoms with Crippen molar-refractivity contribution >= 4 is 17.4 Å². The molecule has 1 heterocycles. The molecule has 1 atom stereocenters. The van der Waals surface area contributed by atoms with Crippen molar-refractivity contribution < 1.29 is 24.2 Å². The van der Waals surface area contributed by atoms with Crippen LogP contribution in [0.25, 0.3) is 0 Å². The number of aliphatic hydroxyl groups excluding tert-OH is 1. The average Bonchev–Trinajstić information content (AvgIpc) is 3.14. The van der Waals surface area contributed by atoms with Crippen LogP contribution in [0.1, 0.15) is 37.4 Å². The van der Waals surface area contributed by atoms with Crippen molar-refractivity contribution in [2.45, 2.75) is 32.7 Å². The minimum atomic E-state index is -0.789. The first-order chi connectivity index (χ1) is 17.0. The molecule has 0 aromatic heterocycles. The molecule has 4 rings (SSSR count). The Labute approximate surface area is 205 Å². The minimum Gasteiger partial charge on any atom is -0.503 e. The summed E-state index contributed by atoms with van der Waals surface area (Å²) in [6.45, 7) is 4.73. The van der Waals surface area contributed by atoms with Crippen LogP contribution in [0.3, 0.4) is 0 Å². The Bertz CT molecular complexity index is 1230. The number of amides is 1. The molecule has 0 saturated heterocycles. The van der Waals surface area contributed by atoms with Gasteiger partial charge in [0.1, 0.15) is 11.5 Å². The van der Waals surface area contributed by atoms with Crippen LogP contribution < -0.4 is 14.4 Å². The Morgan fingerprint density at radius 2 is 1.54 bits per heavy atom. The Hall–Kier alpha value is -4.06. The highest BCUT2D eigenvalue weighted by molar-refractivity contribution is 6.16. The van der Waals surface area contributed by atoms with Gasteiger partial charge in [-0.3, -0.25) is 14.5 Å². The zero-order valence-corrected chi connectivity index (χ0v) is 19.9. The number of ketones is 1. The van der Waals surface area contributed by atoms with Gasteiger partial charge in [0.15, 0.2) is 11.5 Å². The number of rotatable bonds is 10. The summed E-state index contributed by atoms with van der Waals surface area (Å²) in [5.74, 6) is -0.175. The van der Waals surface area contributed by atoms with Gasteiger partial charge in [-0.05, 0) is 55.7 Å². The molecule has 1 N–H and O–H groups in total. The van der Waals surface area contributed by atoms with Gasteiger partial charge in [-0.2, -0.15) is 0 Å². The number of carbonyl (C=O) groups is 2. The molecular formula is C29H29NO5. The predicted molar refractivity (Wildman–Crippen MR) is 135 cm³/mol. The van der Waals surface area contributed by atoms with Crippen LogP contribution in [0.4, 0.5) is 5.69 Å². The normalized spacial score (nSPS) is 15.4. The molecule has 0 spiro atoms. The van der Waals surface area contributed by atoms with E-state index in [0.29, 0.717) is 42.4 Å². The third kappa shape index (κ3) is 5.22. The van der Waals surface area contributed by atoms with Gasteiger partial charge in [-0.15, -0.1) is 0 Å². The zero-order chi connectivity index (χ0) is 24.8. The molecule has 0 radical (unpaired) electrons. The first-order valence-electron chi connectivity index (χ1n) is 11.8. The Kier molecular flexibility index (Phi) is 7.51. The molecule has 0 aliphatic carbocycles. The number of hydrogen-bond donors (Lipinski definition) is 1. The lowest BCUT2D eigenvalue weighted by molar-refractivity contribution is -0.118. The highest BCUT2D eigenvalue weighted by atomic mass is 16.5. The summed E-state index contributed by atoms with van der Waals surface area (Å²) in [6, 6.07) is 23.3. The SMILES string of the molecule is CCOc1cccc(C2C(C(=O)CCc3ccccc3)=C(O)C(=O)N2c2cccc(OCC)c2)c1. The molecule has 35 heavy (non-hydrogen) atoms. The van der Waals surface area contributed by atoms with Gasteiger partial charge in [0.25, 0.3) is 5.91 Å². The number of Topliss-reactive ketones (excluding diaryl/α,β-unsaturated/α-hetero) is 1. The van der Waals surface area contributed by atoms with E-state index in [0.717, 1.165) is 5.56 Å². The number of anilines is 1. The number of nitrogens with zero attached hydrogens (tertiary/aromatic N) is 1. The third-order valence-electron chi connectivity index (χ3n) is 5.88. The molecule has 1 aliphatic heterocycles. The maximum atomic E-state index is 13.5. The van der Waals surface area contributed by atoms with Gasteiger partial charge in [0.05, 0.1) is 24.8 Å². The minimum absolute atomic E-state index is 0.0985. The van der Waals surface area contributed by atoms with E-state index >= 15 is 0 Å². The van der Waals surface area contributed by atoms with Gasteiger partial charge in [-0.1, -0.05) is 48.5 Å². The smallest absolute Gasteiger partial charge is 0.294 e. The van der Waals surface area contributed by atoms with Gasteiger partial charge < -0.3 is 14.6 Å². The number of benzene rings is 3. The lowest BCUT2D eigenvalue weighted by Crippen LogP contribution is -2.31. The molecule has 3 aromatic rings. The molecule has 0 saturated carbocycles. The Balaban J connectivity index is 1.74. The molecule has 1 unspecified atom stereocenters. The summed E-state index contributed by atoms with van der Waals surface area (Å²) < 4.78 is 11.3. The second-order valence-corrected chi connectivity index (χ2v) is 8.18. The fraction of sp³-hybridized carbons (Fsp3) is 0.241. The molecule has 1 amide bonds. The molecule has 0 fully saturated rings. The van der Waals surface area contributed by atoms with E-state index in [1.807, 2.05) is 68.4 Å². The first kappa shape index (κ1) is 24.1. The second-order valence-electron chi connectivity index (χ2n) is 8.18. The number of carbonyl (C=O) groups excluding carboxylic acids is 2. The number of ether oxygens (including phenoxy) is 2. The summed E-state index contributed by atoms with van der Waals surface area (Å²) in [4.78, 5) is 28.3. The second kappa shape index (κ2) is 10.9. The van der Waals surface area contributed by atoms with Crippen LogP contribution in [0.15, 0.2) is 90.2 Å². The van der Waals surface area contributed by atoms with E-state index in [9.17, 15) is 14.7 Å². The quantitative estimate of drug-likeness (QED) is 0.417. The van der Waals surface area contributed by atoms with Crippen LogP contribution in [0.5, 0.6) is 11.5 Å². The standard InChI is InChI=1S/C29H29NO5/c1-3-34-23-14-8-12-21(18-23)27-26(25(31)17-16-20-10-6-5-7-11-20)28(32)29(33)30(27)22-13-9-15-24(19-22)35-4-2/h5-15,18-19,27,32H,3-4,16-17H2,1-2H3. The van der Waals surface area contributed by atoms with E-state index in [1.165, 1.54) is 4.90 Å². The third-order valence-corrected chi connectivity index (χ3v) is 5.88. The number of aliphatic hydroxyl groups is 1. The van der Waals surface area contributed by atoms with E-state index in [1.54, 1.807) is 24.3 Å². The lowest BCUT2D eigenvalue weighted by atomic mass is 9.93. The van der Waals surface area contributed by atoms with Crippen molar-refractivity contribution in [2.24, 2.45) is 0 Å². The van der Waals surface area contributed by atoms with Gasteiger partial charge in [-0.25, -0.2) is 0 Å². The zero-order valence-electron chi connectivity index (χ0n) is 19.9. The first-order valence-corrected chi connectivity index (χ1v) is 11.8. The largest absolute Gasteiger partial charge is 0.503 e. The molecule has 6 heteroatoms. The summed E-state index contributed by atoms with van der Waals surface area (Å²) in [6.07, 6.45) is 0.682. The van der Waals surface area contributed by atoms with Crippen molar-refractivity contribution in [3.63, 3.8) is 0 Å². The molecule has 1 aliphatic rings. The summed E-state index contributed by atoms with van der Waals surface area (Å²) in [5.41, 5.74) is 2.33. The Morgan fingerprint density at radius 1 is 0.886 bits per heavy atom. The Morgan fingerprint density at radius 3 is 2.23 bits per heavy atom. The molecule has 0 bridgehead atoms. The van der Waals surface area contributed by atoms with Gasteiger partial charge in [0, 0.05) is 18.2 Å². The molecule has 180 valence electrons. The fourth-order valence-corrected chi connectivity index (χ4v) is 4.34. The van der Waals surface area contributed by atoms with Gasteiger partial charge >= 0.3 is 0 Å². The molecular weight excluding hydrogens is 442 g/mol. The van der Waals surface area contributed by atoms with Crippen LogP contribution in [0.2, 0.25) is 0 Å². The number of hydrogen-bond acceptors (Lipinski definition) is 5. The van der Waals surface area contributed by atoms with Crippen LogP contribution in [0, 0.1) is 0 Å². The van der Waals surface area contributed by atoms with Crippen molar-refractivity contribution in [2.75, 3.05) is 18.1 Å². The maximum absolute atomic E-state index is 13.5. The number of aryl methyl sites for hydroxylation is 1. The summed E-state index contributed by atoms with van der Waals surface area (Å²) >= 11 is 0. The van der Waals surface area contributed by atoms with Crippen molar-refractivity contribution in [3.05, 3.63) is 101 Å². The summed E-state index contributed by atoms with van der Waals surface area (Å²) in [5, 5.41) is 10.9. The van der Waals surface area contributed by atoms with Crippen LogP contribution in [-0.2, 0) is 16.0 Å². The summed E-state index contributed by atoms with van der Waals surface area (Å²) in [7, 11) is 0. The predicted octanol–water partition coefficient (Wildman–Crippen LogP) is 5.59. The van der Waals surface area contributed by atoms with E-state index < -0.39 is 17.7 Å². The average molecular weight is 472 g/mol. The van der Waals surface area contributed by atoms with Crippen LogP contribution >= 0.6 is 0 Å². The topological polar surface area (TPSA) is 76.1 Å². The maximum Gasteiger partial charge on any atom is 0.294 e. The monoisotopic (exact) mass is 471 g/mol. The molecule has 3 aromatic carbocycles. The fourth-order valence-electron chi connectivity index (χ4n) is 4.34. The highest BCUT2D eigenvalue weighted by Gasteiger charge is 2.44. The van der Waals surface area contributed by atoms with Crippen molar-refractivity contribution in [1.82, 2.24) is 0 Å².